The van der Waals surface area contributed by atoms with E-state index < -0.39 is 6.10 Å². The van der Waals surface area contributed by atoms with Crippen molar-refractivity contribution in [1.29, 1.82) is 5.26 Å². The van der Waals surface area contributed by atoms with Crippen LogP contribution in [0.5, 0.6) is 5.75 Å². The third-order valence-electron chi connectivity index (χ3n) is 3.41. The van der Waals surface area contributed by atoms with Crippen LogP contribution in [0.2, 0.25) is 0 Å². The Labute approximate surface area is 125 Å². The van der Waals surface area contributed by atoms with Gasteiger partial charge in [-0.3, -0.25) is 4.90 Å². The van der Waals surface area contributed by atoms with E-state index in [2.05, 4.69) is 17.9 Å². The molecule has 0 saturated carbocycles. The van der Waals surface area contributed by atoms with Gasteiger partial charge in [0.25, 0.3) is 0 Å². The summed E-state index contributed by atoms with van der Waals surface area (Å²) in [5, 5.41) is 18.9. The van der Waals surface area contributed by atoms with E-state index in [1.165, 1.54) is 0 Å². The first-order valence-corrected chi connectivity index (χ1v) is 7.32. The van der Waals surface area contributed by atoms with Crippen molar-refractivity contribution in [2.45, 2.75) is 25.6 Å². The van der Waals surface area contributed by atoms with E-state index >= 15 is 0 Å². The molecule has 0 aliphatic carbocycles. The molecule has 2 unspecified atom stereocenters. The second kappa shape index (κ2) is 7.99. The van der Waals surface area contributed by atoms with Crippen molar-refractivity contribution >= 4 is 0 Å². The van der Waals surface area contributed by atoms with Gasteiger partial charge in [-0.2, -0.15) is 5.26 Å². The van der Waals surface area contributed by atoms with E-state index in [0.29, 0.717) is 17.9 Å². The third kappa shape index (κ3) is 5.35. The van der Waals surface area contributed by atoms with Crippen LogP contribution in [0.25, 0.3) is 0 Å². The molecule has 21 heavy (non-hydrogen) atoms. The van der Waals surface area contributed by atoms with Crippen LogP contribution in [0.15, 0.2) is 24.3 Å². The lowest BCUT2D eigenvalue weighted by atomic mass is 10.2. The molecule has 0 spiro atoms. The van der Waals surface area contributed by atoms with Gasteiger partial charge in [-0.15, -0.1) is 0 Å². The van der Waals surface area contributed by atoms with E-state index in [9.17, 15) is 5.11 Å². The summed E-state index contributed by atoms with van der Waals surface area (Å²) >= 11 is 0. The molecule has 1 heterocycles. The van der Waals surface area contributed by atoms with Crippen molar-refractivity contribution in [2.75, 3.05) is 32.8 Å². The number of β-amino-alcohol motifs (C(OH)–C–C–N with tert-alkyl or cyclic N) is 1. The van der Waals surface area contributed by atoms with Gasteiger partial charge in [0.1, 0.15) is 18.5 Å². The number of nitriles is 1. The summed E-state index contributed by atoms with van der Waals surface area (Å²) in [7, 11) is 0. The number of nitrogens with zero attached hydrogens (tertiary/aromatic N) is 2. The highest BCUT2D eigenvalue weighted by molar-refractivity contribution is 5.36. The minimum absolute atomic E-state index is 0.202. The predicted octanol–water partition coefficient (Wildman–Crippen LogP) is 1.41. The molecule has 0 amide bonds. The van der Waals surface area contributed by atoms with Gasteiger partial charge in [-0.25, -0.2) is 0 Å². The minimum Gasteiger partial charge on any atom is -0.491 e. The van der Waals surface area contributed by atoms with Crippen molar-refractivity contribution in [2.24, 2.45) is 0 Å². The summed E-state index contributed by atoms with van der Waals surface area (Å²) in [6, 6.07) is 9.03. The van der Waals surface area contributed by atoms with Crippen LogP contribution < -0.4 is 4.74 Å². The SMILES string of the molecule is CC1CN(CC(O)COc2cccc(C#N)c2)CCCO1. The highest BCUT2D eigenvalue weighted by atomic mass is 16.5. The second-order valence-corrected chi connectivity index (χ2v) is 5.40. The Bertz CT molecular complexity index is 487. The number of ether oxygens (including phenoxy) is 2. The summed E-state index contributed by atoms with van der Waals surface area (Å²) in [6.07, 6.45) is 0.635. The highest BCUT2D eigenvalue weighted by Crippen LogP contribution is 2.13. The van der Waals surface area contributed by atoms with Crippen LogP contribution in [0, 0.1) is 11.3 Å². The molecule has 1 N–H and O–H groups in total. The molecule has 0 radical (unpaired) electrons. The topological polar surface area (TPSA) is 65.7 Å². The van der Waals surface area contributed by atoms with E-state index in [-0.39, 0.29) is 12.7 Å². The summed E-state index contributed by atoms with van der Waals surface area (Å²) in [5.41, 5.74) is 0.556. The molecular weight excluding hydrogens is 268 g/mol. The van der Waals surface area contributed by atoms with Gasteiger partial charge in [0.15, 0.2) is 0 Å². The second-order valence-electron chi connectivity index (χ2n) is 5.40. The first-order valence-electron chi connectivity index (χ1n) is 7.32. The lowest BCUT2D eigenvalue weighted by Crippen LogP contribution is -2.38. The van der Waals surface area contributed by atoms with Crippen molar-refractivity contribution in [3.8, 4) is 11.8 Å². The number of hydrogen-bond donors (Lipinski definition) is 1. The highest BCUT2D eigenvalue weighted by Gasteiger charge is 2.18. The zero-order valence-corrected chi connectivity index (χ0v) is 12.4. The number of benzene rings is 1. The zero-order valence-electron chi connectivity index (χ0n) is 12.4. The molecule has 1 fully saturated rings. The van der Waals surface area contributed by atoms with Crippen molar-refractivity contribution in [1.82, 2.24) is 4.90 Å². The third-order valence-corrected chi connectivity index (χ3v) is 3.41. The van der Waals surface area contributed by atoms with Crippen molar-refractivity contribution in [3.63, 3.8) is 0 Å². The number of hydrogen-bond acceptors (Lipinski definition) is 5. The van der Waals surface area contributed by atoms with E-state index in [0.717, 1.165) is 26.1 Å². The molecule has 5 heteroatoms. The number of aliphatic hydroxyl groups is 1. The Hall–Kier alpha value is -1.61. The van der Waals surface area contributed by atoms with Crippen LogP contribution in [0.3, 0.4) is 0 Å². The predicted molar refractivity (Wildman–Crippen MR) is 79.1 cm³/mol. The van der Waals surface area contributed by atoms with Crippen LogP contribution in [-0.4, -0.2) is 55.1 Å². The summed E-state index contributed by atoms with van der Waals surface area (Å²) in [5.74, 6) is 0.612. The maximum absolute atomic E-state index is 10.1. The Morgan fingerprint density at radius 2 is 2.43 bits per heavy atom. The normalized spacial score (nSPS) is 21.3. The summed E-state index contributed by atoms with van der Waals surface area (Å²) < 4.78 is 11.1. The minimum atomic E-state index is -0.555. The fourth-order valence-electron chi connectivity index (χ4n) is 2.44. The molecule has 1 aromatic carbocycles. The average Bonchev–Trinajstić information content (AvgIpc) is 2.69. The van der Waals surface area contributed by atoms with Gasteiger partial charge in [-0.1, -0.05) is 6.07 Å². The van der Waals surface area contributed by atoms with Crippen molar-refractivity contribution < 1.29 is 14.6 Å². The van der Waals surface area contributed by atoms with Gasteiger partial charge in [0, 0.05) is 26.2 Å². The van der Waals surface area contributed by atoms with Crippen LogP contribution in [-0.2, 0) is 4.74 Å². The van der Waals surface area contributed by atoms with Crippen LogP contribution >= 0.6 is 0 Å². The quantitative estimate of drug-likeness (QED) is 0.888. The first-order chi connectivity index (χ1) is 10.2. The average molecular weight is 290 g/mol. The maximum Gasteiger partial charge on any atom is 0.120 e. The number of aliphatic hydroxyl groups excluding tert-OH is 1. The molecular formula is C16H22N2O3. The fraction of sp³-hybridized carbons (Fsp3) is 0.562. The standard InChI is InChI=1S/C16H22N2O3/c1-13-10-18(6-3-7-20-13)11-15(19)12-21-16-5-2-4-14(8-16)9-17/h2,4-5,8,13,15,19H,3,6-7,10-12H2,1H3. The Kier molecular flexibility index (Phi) is 6.00. The van der Waals surface area contributed by atoms with E-state index in [1.807, 2.05) is 0 Å². The van der Waals surface area contributed by atoms with Crippen molar-refractivity contribution in [3.05, 3.63) is 29.8 Å². The maximum atomic E-state index is 10.1. The fourth-order valence-corrected chi connectivity index (χ4v) is 2.44. The molecule has 1 aromatic rings. The molecule has 0 bridgehead atoms. The lowest BCUT2D eigenvalue weighted by molar-refractivity contribution is 0.0440. The molecule has 5 nitrogen and oxygen atoms in total. The molecule has 1 aliphatic heterocycles. The number of rotatable bonds is 5. The van der Waals surface area contributed by atoms with Crippen LogP contribution in [0.1, 0.15) is 18.9 Å². The smallest absolute Gasteiger partial charge is 0.120 e. The van der Waals surface area contributed by atoms with E-state index in [1.54, 1.807) is 24.3 Å². The molecule has 1 saturated heterocycles. The zero-order chi connectivity index (χ0) is 15.1. The van der Waals surface area contributed by atoms with Gasteiger partial charge in [-0.05, 0) is 31.5 Å². The van der Waals surface area contributed by atoms with Gasteiger partial charge < -0.3 is 14.6 Å². The Morgan fingerprint density at radius 1 is 1.57 bits per heavy atom. The first kappa shape index (κ1) is 15.8. The van der Waals surface area contributed by atoms with E-state index in [4.69, 9.17) is 14.7 Å². The Morgan fingerprint density at radius 3 is 3.24 bits per heavy atom. The molecule has 2 rings (SSSR count). The molecule has 1 aliphatic rings. The van der Waals surface area contributed by atoms with Gasteiger partial charge in [0.05, 0.1) is 17.7 Å². The monoisotopic (exact) mass is 290 g/mol. The van der Waals surface area contributed by atoms with Gasteiger partial charge in [0.2, 0.25) is 0 Å². The molecule has 2 atom stereocenters. The largest absolute Gasteiger partial charge is 0.491 e. The molecule has 114 valence electrons. The lowest BCUT2D eigenvalue weighted by Gasteiger charge is -2.24. The van der Waals surface area contributed by atoms with Crippen LogP contribution in [0.4, 0.5) is 0 Å². The summed E-state index contributed by atoms with van der Waals surface area (Å²) in [4.78, 5) is 2.21. The summed E-state index contributed by atoms with van der Waals surface area (Å²) in [6.45, 7) is 5.40. The van der Waals surface area contributed by atoms with Gasteiger partial charge >= 0.3 is 0 Å². The Balaban J connectivity index is 1.78. The molecule has 0 aromatic heterocycles.